The van der Waals surface area contributed by atoms with Crippen LogP contribution in [-0.4, -0.2) is 50.6 Å². The van der Waals surface area contributed by atoms with E-state index in [1.807, 2.05) is 0 Å². The van der Waals surface area contributed by atoms with E-state index in [1.54, 1.807) is 0 Å². The smallest absolute Gasteiger partial charge is 0.335 e. The van der Waals surface area contributed by atoms with Crippen LogP contribution in [0.15, 0.2) is 0 Å². The lowest BCUT2D eigenvalue weighted by Gasteiger charge is -2.16. The van der Waals surface area contributed by atoms with E-state index >= 15 is 0 Å². The SMILES string of the molecule is NC(C(=O)O)C(O)C(O)C(=O)O. The molecule has 0 aliphatic carbocycles. The zero-order chi connectivity index (χ0) is 9.89. The number of nitrogens with two attached hydrogens (primary N) is 1. The summed E-state index contributed by atoms with van der Waals surface area (Å²) in [4.78, 5) is 20.1. The van der Waals surface area contributed by atoms with Crippen LogP contribution in [0, 0.1) is 0 Å². The molecule has 0 aliphatic heterocycles. The van der Waals surface area contributed by atoms with E-state index in [1.165, 1.54) is 0 Å². The summed E-state index contributed by atoms with van der Waals surface area (Å²) in [6, 6.07) is -1.81. The van der Waals surface area contributed by atoms with Gasteiger partial charge in [0.05, 0.1) is 0 Å². The summed E-state index contributed by atoms with van der Waals surface area (Å²) in [5.41, 5.74) is 4.83. The molecule has 0 amide bonds. The van der Waals surface area contributed by atoms with Crippen molar-refractivity contribution >= 4 is 11.9 Å². The van der Waals surface area contributed by atoms with Gasteiger partial charge in [0, 0.05) is 0 Å². The molecule has 70 valence electrons. The number of hydrogen-bond acceptors (Lipinski definition) is 5. The predicted molar refractivity (Wildman–Crippen MR) is 35.3 cm³/mol. The lowest BCUT2D eigenvalue weighted by Crippen LogP contribution is -2.50. The Morgan fingerprint density at radius 1 is 1.08 bits per heavy atom. The Morgan fingerprint density at radius 3 is 1.75 bits per heavy atom. The van der Waals surface area contributed by atoms with Crippen LogP contribution >= 0.6 is 0 Å². The summed E-state index contributed by atoms with van der Waals surface area (Å²) in [6.07, 6.45) is -4.20. The fourth-order valence-electron chi connectivity index (χ4n) is 0.489. The van der Waals surface area contributed by atoms with Crippen molar-refractivity contribution in [3.05, 3.63) is 0 Å². The Hall–Kier alpha value is -1.18. The molecule has 0 aromatic rings. The summed E-state index contributed by atoms with van der Waals surface area (Å²) in [6.45, 7) is 0. The lowest BCUT2D eigenvalue weighted by atomic mass is 10.1. The fourth-order valence-corrected chi connectivity index (χ4v) is 0.489. The van der Waals surface area contributed by atoms with Gasteiger partial charge in [-0.1, -0.05) is 0 Å². The van der Waals surface area contributed by atoms with Crippen LogP contribution in [0.25, 0.3) is 0 Å². The highest BCUT2D eigenvalue weighted by molar-refractivity contribution is 5.78. The third kappa shape index (κ3) is 2.46. The molecule has 0 saturated heterocycles. The Balaban J connectivity index is 4.28. The maximum atomic E-state index is 10.1. The molecule has 0 saturated carbocycles. The molecule has 3 atom stereocenters. The van der Waals surface area contributed by atoms with E-state index < -0.39 is 30.2 Å². The molecule has 0 aromatic heterocycles. The topological polar surface area (TPSA) is 141 Å². The monoisotopic (exact) mass is 179 g/mol. The van der Waals surface area contributed by atoms with Gasteiger partial charge in [-0.05, 0) is 0 Å². The minimum Gasteiger partial charge on any atom is -0.480 e. The molecular weight excluding hydrogens is 170 g/mol. The van der Waals surface area contributed by atoms with Gasteiger partial charge >= 0.3 is 11.9 Å². The number of rotatable bonds is 4. The third-order valence-electron chi connectivity index (χ3n) is 1.23. The second-order valence-corrected chi connectivity index (χ2v) is 2.14. The molecule has 3 unspecified atom stereocenters. The Morgan fingerprint density at radius 2 is 1.50 bits per heavy atom. The predicted octanol–water partition coefficient (Wildman–Crippen LogP) is -2.80. The van der Waals surface area contributed by atoms with Gasteiger partial charge < -0.3 is 26.2 Å². The van der Waals surface area contributed by atoms with Crippen molar-refractivity contribution in [3.8, 4) is 0 Å². The average molecular weight is 179 g/mol. The summed E-state index contributed by atoms with van der Waals surface area (Å²) in [5.74, 6) is -3.30. The van der Waals surface area contributed by atoms with Gasteiger partial charge in [-0.15, -0.1) is 0 Å². The molecule has 0 heterocycles. The molecule has 0 bridgehead atoms. The van der Waals surface area contributed by atoms with Gasteiger partial charge in [-0.3, -0.25) is 4.79 Å². The maximum absolute atomic E-state index is 10.1. The second-order valence-electron chi connectivity index (χ2n) is 2.14. The Bertz CT molecular complexity index is 172. The van der Waals surface area contributed by atoms with Crippen molar-refractivity contribution in [2.45, 2.75) is 18.2 Å². The van der Waals surface area contributed by atoms with Gasteiger partial charge in [-0.2, -0.15) is 0 Å². The molecular formula is C5H9NO6. The molecule has 0 radical (unpaired) electrons. The molecule has 0 spiro atoms. The first kappa shape index (κ1) is 10.8. The maximum Gasteiger partial charge on any atom is 0.335 e. The number of aliphatic carboxylic acids is 2. The first-order valence-corrected chi connectivity index (χ1v) is 2.95. The zero-order valence-corrected chi connectivity index (χ0v) is 5.91. The highest BCUT2D eigenvalue weighted by Crippen LogP contribution is 1.98. The molecule has 0 rings (SSSR count). The minimum atomic E-state index is -2.18. The quantitative estimate of drug-likeness (QED) is 0.314. The van der Waals surface area contributed by atoms with Crippen LogP contribution in [0.2, 0.25) is 0 Å². The number of hydrogen-bond donors (Lipinski definition) is 5. The van der Waals surface area contributed by atoms with Gasteiger partial charge in [-0.25, -0.2) is 4.79 Å². The first-order chi connectivity index (χ1) is 5.37. The molecule has 6 N–H and O–H groups in total. The van der Waals surface area contributed by atoms with Crippen molar-refractivity contribution in [2.75, 3.05) is 0 Å². The fraction of sp³-hybridized carbons (Fsp3) is 0.600. The number of aliphatic hydroxyl groups is 2. The largest absolute Gasteiger partial charge is 0.480 e. The zero-order valence-electron chi connectivity index (χ0n) is 5.91. The van der Waals surface area contributed by atoms with E-state index in [2.05, 4.69) is 0 Å². The van der Waals surface area contributed by atoms with Gasteiger partial charge in [0.1, 0.15) is 12.1 Å². The van der Waals surface area contributed by atoms with Gasteiger partial charge in [0.25, 0.3) is 0 Å². The third-order valence-corrected chi connectivity index (χ3v) is 1.23. The van der Waals surface area contributed by atoms with Crippen molar-refractivity contribution in [1.82, 2.24) is 0 Å². The van der Waals surface area contributed by atoms with Gasteiger partial charge in [0.15, 0.2) is 6.10 Å². The summed E-state index contributed by atoms with van der Waals surface area (Å²) < 4.78 is 0. The van der Waals surface area contributed by atoms with Crippen LogP contribution in [0.5, 0.6) is 0 Å². The standard InChI is InChI=1S/C5H9NO6/c6-1(4(9)10)2(7)3(8)5(11)12/h1-3,7-8H,6H2,(H,9,10)(H,11,12). The highest BCUT2D eigenvalue weighted by atomic mass is 16.4. The van der Waals surface area contributed by atoms with Crippen molar-refractivity contribution < 1.29 is 30.0 Å². The molecule has 12 heavy (non-hydrogen) atoms. The van der Waals surface area contributed by atoms with E-state index in [-0.39, 0.29) is 0 Å². The second kappa shape index (κ2) is 4.00. The molecule has 0 aromatic carbocycles. The number of carboxylic acids is 2. The van der Waals surface area contributed by atoms with Crippen LogP contribution in [0.1, 0.15) is 0 Å². The number of carboxylic acid groups (broad SMARTS) is 2. The van der Waals surface area contributed by atoms with Crippen molar-refractivity contribution in [1.29, 1.82) is 0 Å². The number of aliphatic hydroxyl groups excluding tert-OH is 2. The first-order valence-electron chi connectivity index (χ1n) is 2.95. The molecule has 7 nitrogen and oxygen atoms in total. The average Bonchev–Trinajstić information content (AvgIpc) is 2.00. The Labute approximate surface area is 67.0 Å². The molecule has 0 aliphatic rings. The summed E-state index contributed by atoms with van der Waals surface area (Å²) >= 11 is 0. The van der Waals surface area contributed by atoms with E-state index in [0.29, 0.717) is 0 Å². The van der Waals surface area contributed by atoms with E-state index in [9.17, 15) is 9.59 Å². The van der Waals surface area contributed by atoms with Crippen LogP contribution in [0.4, 0.5) is 0 Å². The van der Waals surface area contributed by atoms with Gasteiger partial charge in [0.2, 0.25) is 0 Å². The molecule has 0 fully saturated rings. The lowest BCUT2D eigenvalue weighted by molar-refractivity contribution is -0.156. The van der Waals surface area contributed by atoms with Crippen molar-refractivity contribution in [2.24, 2.45) is 5.73 Å². The number of carbonyl (C=O) groups is 2. The summed E-state index contributed by atoms with van der Waals surface area (Å²) in [7, 11) is 0. The summed E-state index contributed by atoms with van der Waals surface area (Å²) in [5, 5.41) is 33.7. The Kier molecular flexibility index (Phi) is 3.61. The van der Waals surface area contributed by atoms with Crippen LogP contribution < -0.4 is 5.73 Å². The van der Waals surface area contributed by atoms with E-state index in [4.69, 9.17) is 26.2 Å². The van der Waals surface area contributed by atoms with Crippen LogP contribution in [0.3, 0.4) is 0 Å². The van der Waals surface area contributed by atoms with Crippen molar-refractivity contribution in [3.63, 3.8) is 0 Å². The molecule has 7 heteroatoms. The van der Waals surface area contributed by atoms with Crippen LogP contribution in [-0.2, 0) is 9.59 Å². The van der Waals surface area contributed by atoms with E-state index in [0.717, 1.165) is 0 Å². The highest BCUT2D eigenvalue weighted by Gasteiger charge is 2.32. The minimum absolute atomic E-state index is 1.58. The normalized spacial score (nSPS) is 17.9.